The number of esters is 1. The van der Waals surface area contributed by atoms with Crippen LogP contribution in [-0.2, 0) is 4.74 Å². The van der Waals surface area contributed by atoms with Crippen LogP contribution in [0.25, 0.3) is 10.9 Å². The summed E-state index contributed by atoms with van der Waals surface area (Å²) < 4.78 is 6.19. The quantitative estimate of drug-likeness (QED) is 0.603. The predicted octanol–water partition coefficient (Wildman–Crippen LogP) is 3.94. The zero-order valence-electron chi connectivity index (χ0n) is 9.04. The number of nitrogens with zero attached hydrogens (tertiary/aromatic N) is 1. The third-order valence-electron chi connectivity index (χ3n) is 2.26. The molecule has 0 amide bonds. The van der Waals surface area contributed by atoms with E-state index in [1.54, 1.807) is 6.92 Å². The number of para-hydroxylation sites is 1. The van der Waals surface area contributed by atoms with Gasteiger partial charge in [-0.25, -0.2) is 9.78 Å². The summed E-state index contributed by atoms with van der Waals surface area (Å²) in [6.45, 7) is 2.11. The Bertz CT molecular complexity index is 584. The van der Waals surface area contributed by atoms with E-state index in [0.29, 0.717) is 21.2 Å². The van der Waals surface area contributed by atoms with Crippen LogP contribution in [0.1, 0.15) is 17.3 Å². The highest BCUT2D eigenvalue weighted by Gasteiger charge is 2.19. The molecule has 0 aliphatic heterocycles. The van der Waals surface area contributed by atoms with E-state index >= 15 is 0 Å². The number of aromatic nitrogens is 1. The van der Waals surface area contributed by atoms with Crippen LogP contribution >= 0.6 is 31.9 Å². The standard InChI is InChI=1S/C12H9Br2NO2/c1-2-17-12(16)9-10(13)7-5-3-4-6-8(7)15-11(9)14/h3-6H,2H2,1H3. The van der Waals surface area contributed by atoms with E-state index in [9.17, 15) is 4.79 Å². The first-order valence-corrected chi connectivity index (χ1v) is 6.64. The van der Waals surface area contributed by atoms with Gasteiger partial charge in [-0.3, -0.25) is 0 Å². The van der Waals surface area contributed by atoms with Gasteiger partial charge in [0.05, 0.1) is 12.1 Å². The van der Waals surface area contributed by atoms with E-state index in [0.717, 1.165) is 10.9 Å². The molecule has 3 nitrogen and oxygen atoms in total. The van der Waals surface area contributed by atoms with Crippen molar-refractivity contribution >= 4 is 48.7 Å². The predicted molar refractivity (Wildman–Crippen MR) is 73.1 cm³/mol. The van der Waals surface area contributed by atoms with E-state index in [4.69, 9.17) is 4.74 Å². The number of ether oxygens (including phenoxy) is 1. The average Bonchev–Trinajstić information content (AvgIpc) is 2.29. The van der Waals surface area contributed by atoms with Crippen molar-refractivity contribution in [3.63, 3.8) is 0 Å². The Hall–Kier alpha value is -0.940. The Balaban J connectivity index is 2.67. The van der Waals surface area contributed by atoms with Gasteiger partial charge in [0.2, 0.25) is 0 Å². The molecule has 0 aliphatic rings. The molecule has 5 heteroatoms. The molecule has 0 radical (unpaired) electrons. The summed E-state index contributed by atoms with van der Waals surface area (Å²) in [5, 5.41) is 0.888. The lowest BCUT2D eigenvalue weighted by Gasteiger charge is -2.08. The summed E-state index contributed by atoms with van der Waals surface area (Å²) in [6.07, 6.45) is 0. The molecule has 0 spiro atoms. The number of rotatable bonds is 2. The normalized spacial score (nSPS) is 10.5. The number of benzene rings is 1. The third-order valence-corrected chi connectivity index (χ3v) is 3.66. The molecule has 0 atom stereocenters. The molecule has 0 saturated heterocycles. The van der Waals surface area contributed by atoms with Gasteiger partial charge >= 0.3 is 5.97 Å². The van der Waals surface area contributed by atoms with Gasteiger partial charge in [0.15, 0.2) is 0 Å². The fourth-order valence-electron chi connectivity index (χ4n) is 1.52. The second kappa shape index (κ2) is 5.14. The molecule has 0 unspecified atom stereocenters. The largest absolute Gasteiger partial charge is 0.462 e. The second-order valence-electron chi connectivity index (χ2n) is 3.33. The first kappa shape index (κ1) is 12.5. The fourth-order valence-corrected chi connectivity index (χ4v) is 3.02. The van der Waals surface area contributed by atoms with Gasteiger partial charge in [-0.05, 0) is 44.8 Å². The van der Waals surface area contributed by atoms with Crippen LogP contribution in [0.2, 0.25) is 0 Å². The summed E-state index contributed by atoms with van der Waals surface area (Å²) in [6, 6.07) is 7.59. The number of hydrogen-bond acceptors (Lipinski definition) is 3. The van der Waals surface area contributed by atoms with Crippen LogP contribution in [0.4, 0.5) is 0 Å². The minimum Gasteiger partial charge on any atom is -0.462 e. The van der Waals surface area contributed by atoms with Crippen molar-refractivity contribution in [2.45, 2.75) is 6.92 Å². The Morgan fingerprint density at radius 2 is 2.06 bits per heavy atom. The maximum Gasteiger partial charge on any atom is 0.342 e. The molecule has 0 bridgehead atoms. The number of hydrogen-bond donors (Lipinski definition) is 0. The molecule has 17 heavy (non-hydrogen) atoms. The van der Waals surface area contributed by atoms with Gasteiger partial charge in [0, 0.05) is 9.86 Å². The fraction of sp³-hybridized carbons (Fsp3) is 0.167. The lowest BCUT2D eigenvalue weighted by Crippen LogP contribution is -2.08. The molecular weight excluding hydrogens is 350 g/mol. The molecule has 0 N–H and O–H groups in total. The van der Waals surface area contributed by atoms with Gasteiger partial charge in [0.25, 0.3) is 0 Å². The highest BCUT2D eigenvalue weighted by Crippen LogP contribution is 2.31. The second-order valence-corrected chi connectivity index (χ2v) is 4.87. The minimum absolute atomic E-state index is 0.338. The number of pyridine rings is 1. The lowest BCUT2D eigenvalue weighted by molar-refractivity contribution is 0.0524. The summed E-state index contributed by atoms with van der Waals surface area (Å²) in [7, 11) is 0. The highest BCUT2D eigenvalue weighted by molar-refractivity contribution is 9.11. The molecule has 0 aliphatic carbocycles. The monoisotopic (exact) mass is 357 g/mol. The van der Waals surface area contributed by atoms with Crippen molar-refractivity contribution in [2.24, 2.45) is 0 Å². The smallest absolute Gasteiger partial charge is 0.342 e. The third kappa shape index (κ3) is 2.35. The van der Waals surface area contributed by atoms with Crippen molar-refractivity contribution in [1.82, 2.24) is 4.98 Å². The molecule has 88 valence electrons. The lowest BCUT2D eigenvalue weighted by atomic mass is 10.1. The summed E-state index contributed by atoms with van der Waals surface area (Å²) in [4.78, 5) is 16.1. The maximum atomic E-state index is 11.8. The van der Waals surface area contributed by atoms with Crippen molar-refractivity contribution < 1.29 is 9.53 Å². The topological polar surface area (TPSA) is 39.2 Å². The Kier molecular flexibility index (Phi) is 3.79. The van der Waals surface area contributed by atoms with E-state index in [2.05, 4.69) is 36.8 Å². The van der Waals surface area contributed by atoms with Gasteiger partial charge in [-0.1, -0.05) is 18.2 Å². The zero-order chi connectivity index (χ0) is 12.4. The van der Waals surface area contributed by atoms with E-state index < -0.39 is 0 Å². The van der Waals surface area contributed by atoms with E-state index in [1.807, 2.05) is 24.3 Å². The molecule has 1 aromatic carbocycles. The SMILES string of the molecule is CCOC(=O)c1c(Br)nc2ccccc2c1Br. The Morgan fingerprint density at radius 3 is 2.76 bits per heavy atom. The van der Waals surface area contributed by atoms with Crippen molar-refractivity contribution in [2.75, 3.05) is 6.61 Å². The van der Waals surface area contributed by atoms with Gasteiger partial charge in [0.1, 0.15) is 10.2 Å². The average molecular weight is 359 g/mol. The molecule has 0 saturated carbocycles. The van der Waals surface area contributed by atoms with Gasteiger partial charge in [-0.15, -0.1) is 0 Å². The zero-order valence-corrected chi connectivity index (χ0v) is 12.2. The van der Waals surface area contributed by atoms with Crippen LogP contribution in [0, 0.1) is 0 Å². The summed E-state index contributed by atoms with van der Waals surface area (Å²) >= 11 is 6.73. The molecule has 1 aromatic heterocycles. The number of halogens is 2. The van der Waals surface area contributed by atoms with Crippen LogP contribution in [0.3, 0.4) is 0 Å². The maximum absolute atomic E-state index is 11.8. The molecule has 2 aromatic rings. The van der Waals surface area contributed by atoms with E-state index in [1.165, 1.54) is 0 Å². The van der Waals surface area contributed by atoms with Gasteiger partial charge in [-0.2, -0.15) is 0 Å². The first-order chi connectivity index (χ1) is 8.15. The Morgan fingerprint density at radius 1 is 1.35 bits per heavy atom. The molecule has 1 heterocycles. The summed E-state index contributed by atoms with van der Waals surface area (Å²) in [5.74, 6) is -0.385. The van der Waals surface area contributed by atoms with Crippen molar-refractivity contribution in [1.29, 1.82) is 0 Å². The highest BCUT2D eigenvalue weighted by atomic mass is 79.9. The van der Waals surface area contributed by atoms with Crippen molar-refractivity contribution in [3.8, 4) is 0 Å². The summed E-state index contributed by atoms with van der Waals surface area (Å²) in [5.41, 5.74) is 1.24. The van der Waals surface area contributed by atoms with Crippen LogP contribution < -0.4 is 0 Å². The minimum atomic E-state index is -0.385. The van der Waals surface area contributed by atoms with Crippen molar-refractivity contribution in [3.05, 3.63) is 38.9 Å². The number of carbonyl (C=O) groups is 1. The van der Waals surface area contributed by atoms with Crippen LogP contribution in [0.5, 0.6) is 0 Å². The molecular formula is C12H9Br2NO2. The molecule has 0 fully saturated rings. The van der Waals surface area contributed by atoms with E-state index in [-0.39, 0.29) is 5.97 Å². The first-order valence-electron chi connectivity index (χ1n) is 5.06. The number of fused-ring (bicyclic) bond motifs is 1. The Labute approximate surface area is 115 Å². The van der Waals surface area contributed by atoms with Gasteiger partial charge < -0.3 is 4.74 Å². The van der Waals surface area contributed by atoms with Crippen LogP contribution in [-0.4, -0.2) is 17.6 Å². The van der Waals surface area contributed by atoms with Crippen LogP contribution in [0.15, 0.2) is 33.3 Å². The molecule has 2 rings (SSSR count). The number of carbonyl (C=O) groups excluding carboxylic acids is 1.